The van der Waals surface area contributed by atoms with E-state index in [1.807, 2.05) is 0 Å². The standard InChI is InChI=1S/C20H14ClF5N4O2/c1-30(19(32)8-2-11(21)17(28-5-8)20(24,25)26)15-7-27-6-14-16(15)9-3-12(22)13(23)4-10(9)18(31)29-14/h2-5,15,27H,6-7H2,1H3,(H,29,31)/t15-/m1/s1. The average molecular weight is 473 g/mol. The van der Waals surface area contributed by atoms with E-state index in [1.54, 1.807) is 0 Å². The molecule has 0 saturated heterocycles. The van der Waals surface area contributed by atoms with Crippen molar-refractivity contribution in [2.45, 2.75) is 18.8 Å². The monoisotopic (exact) mass is 472 g/mol. The van der Waals surface area contributed by atoms with E-state index in [1.165, 1.54) is 11.9 Å². The van der Waals surface area contributed by atoms with Crippen LogP contribution in [0.15, 0.2) is 29.2 Å². The number of benzene rings is 1. The van der Waals surface area contributed by atoms with Crippen LogP contribution < -0.4 is 10.9 Å². The maximum Gasteiger partial charge on any atom is 0.434 e. The van der Waals surface area contributed by atoms with Crippen LogP contribution in [0.4, 0.5) is 22.0 Å². The Labute approximate surface area is 182 Å². The third-order valence-electron chi connectivity index (χ3n) is 5.30. The molecular formula is C20H14ClF5N4O2. The molecule has 3 aromatic rings. The van der Waals surface area contributed by atoms with E-state index in [2.05, 4.69) is 15.3 Å². The molecule has 0 spiro atoms. The van der Waals surface area contributed by atoms with Crippen LogP contribution in [0.2, 0.25) is 5.02 Å². The van der Waals surface area contributed by atoms with E-state index in [-0.39, 0.29) is 29.4 Å². The Balaban J connectivity index is 1.79. The molecule has 0 saturated carbocycles. The molecule has 4 rings (SSSR count). The lowest BCUT2D eigenvalue weighted by atomic mass is 9.93. The van der Waals surface area contributed by atoms with Gasteiger partial charge >= 0.3 is 6.18 Å². The number of hydrogen-bond donors (Lipinski definition) is 2. The van der Waals surface area contributed by atoms with Crippen molar-refractivity contribution in [3.05, 3.63) is 73.9 Å². The van der Waals surface area contributed by atoms with Gasteiger partial charge in [-0.25, -0.2) is 13.8 Å². The molecule has 3 heterocycles. The summed E-state index contributed by atoms with van der Waals surface area (Å²) < 4.78 is 66.4. The van der Waals surface area contributed by atoms with Crippen LogP contribution in [0, 0.1) is 11.6 Å². The first kappa shape index (κ1) is 22.2. The van der Waals surface area contributed by atoms with Crippen molar-refractivity contribution in [1.82, 2.24) is 20.2 Å². The van der Waals surface area contributed by atoms with Gasteiger partial charge in [0, 0.05) is 37.6 Å². The molecule has 1 aromatic carbocycles. The molecule has 1 atom stereocenters. The Morgan fingerprint density at radius 3 is 2.47 bits per heavy atom. The summed E-state index contributed by atoms with van der Waals surface area (Å²) in [7, 11) is 1.40. The van der Waals surface area contributed by atoms with Gasteiger partial charge in [-0.1, -0.05) is 11.6 Å². The molecule has 2 N–H and O–H groups in total. The van der Waals surface area contributed by atoms with Crippen molar-refractivity contribution in [3.8, 4) is 0 Å². The van der Waals surface area contributed by atoms with E-state index < -0.39 is 46.0 Å². The van der Waals surface area contributed by atoms with Crippen molar-refractivity contribution in [3.63, 3.8) is 0 Å². The summed E-state index contributed by atoms with van der Waals surface area (Å²) in [4.78, 5) is 32.4. The van der Waals surface area contributed by atoms with E-state index >= 15 is 0 Å². The predicted octanol–water partition coefficient (Wildman–Crippen LogP) is 3.79. The summed E-state index contributed by atoms with van der Waals surface area (Å²) in [6, 6.07) is 1.79. The number of nitrogens with one attached hydrogen (secondary N) is 2. The Hall–Kier alpha value is -3.05. The first-order valence-electron chi connectivity index (χ1n) is 9.23. The third-order valence-corrected chi connectivity index (χ3v) is 5.59. The lowest BCUT2D eigenvalue weighted by Crippen LogP contribution is -2.42. The molecule has 32 heavy (non-hydrogen) atoms. The number of alkyl halides is 3. The zero-order valence-electron chi connectivity index (χ0n) is 16.3. The minimum Gasteiger partial charge on any atom is -0.333 e. The van der Waals surface area contributed by atoms with E-state index in [0.29, 0.717) is 11.3 Å². The van der Waals surface area contributed by atoms with Crippen LogP contribution in [0.1, 0.15) is 33.4 Å². The van der Waals surface area contributed by atoms with Crippen LogP contribution in [0.3, 0.4) is 0 Å². The summed E-state index contributed by atoms with van der Waals surface area (Å²) in [5.74, 6) is -3.05. The Morgan fingerprint density at radius 1 is 1.19 bits per heavy atom. The zero-order chi connectivity index (χ0) is 23.4. The highest BCUT2D eigenvalue weighted by atomic mass is 35.5. The molecule has 0 bridgehead atoms. The van der Waals surface area contributed by atoms with Gasteiger partial charge in [-0.2, -0.15) is 13.2 Å². The van der Waals surface area contributed by atoms with Gasteiger partial charge in [0.2, 0.25) is 0 Å². The summed E-state index contributed by atoms with van der Waals surface area (Å²) >= 11 is 5.67. The molecule has 0 radical (unpaired) electrons. The highest BCUT2D eigenvalue weighted by Crippen LogP contribution is 2.35. The number of H-pyrrole nitrogens is 1. The molecule has 0 aliphatic carbocycles. The maximum absolute atomic E-state index is 14.0. The minimum atomic E-state index is -4.78. The predicted molar refractivity (Wildman–Crippen MR) is 105 cm³/mol. The molecule has 6 nitrogen and oxygen atoms in total. The second kappa shape index (κ2) is 7.82. The van der Waals surface area contributed by atoms with E-state index in [9.17, 15) is 31.5 Å². The molecule has 0 fully saturated rings. The van der Waals surface area contributed by atoms with Gasteiger partial charge < -0.3 is 15.2 Å². The number of rotatable bonds is 2. The van der Waals surface area contributed by atoms with Crippen molar-refractivity contribution in [2.24, 2.45) is 0 Å². The smallest absolute Gasteiger partial charge is 0.333 e. The van der Waals surface area contributed by atoms with Crippen LogP contribution in [0.5, 0.6) is 0 Å². The van der Waals surface area contributed by atoms with Crippen LogP contribution >= 0.6 is 11.6 Å². The topological polar surface area (TPSA) is 78.1 Å². The molecule has 1 aliphatic rings. The van der Waals surface area contributed by atoms with Crippen molar-refractivity contribution in [1.29, 1.82) is 0 Å². The number of amides is 1. The molecule has 2 aromatic heterocycles. The highest BCUT2D eigenvalue weighted by molar-refractivity contribution is 6.31. The van der Waals surface area contributed by atoms with Crippen LogP contribution in [0.25, 0.3) is 10.8 Å². The van der Waals surface area contributed by atoms with Crippen molar-refractivity contribution < 1.29 is 26.7 Å². The summed E-state index contributed by atoms with van der Waals surface area (Å²) in [6.07, 6.45) is -4.01. The van der Waals surface area contributed by atoms with Crippen molar-refractivity contribution >= 4 is 28.3 Å². The molecular weight excluding hydrogens is 459 g/mol. The summed E-state index contributed by atoms with van der Waals surface area (Å²) in [6.45, 7) is 0.406. The number of carbonyl (C=O) groups excluding carboxylic acids is 1. The van der Waals surface area contributed by atoms with Gasteiger partial charge in [-0.05, 0) is 23.6 Å². The molecule has 168 valence electrons. The first-order valence-corrected chi connectivity index (χ1v) is 9.61. The first-order chi connectivity index (χ1) is 15.0. The number of carbonyl (C=O) groups is 1. The number of aromatic amines is 1. The van der Waals surface area contributed by atoms with E-state index in [4.69, 9.17) is 11.6 Å². The fourth-order valence-corrected chi connectivity index (χ4v) is 4.06. The van der Waals surface area contributed by atoms with Gasteiger partial charge in [0.05, 0.1) is 22.0 Å². The molecule has 1 aliphatic heterocycles. The van der Waals surface area contributed by atoms with Gasteiger partial charge in [-0.15, -0.1) is 0 Å². The number of hydrogen-bond acceptors (Lipinski definition) is 4. The number of halogens is 6. The van der Waals surface area contributed by atoms with Crippen LogP contribution in [-0.4, -0.2) is 34.4 Å². The maximum atomic E-state index is 14.0. The fourth-order valence-electron chi connectivity index (χ4n) is 3.79. The largest absolute Gasteiger partial charge is 0.434 e. The SMILES string of the molecule is CN(C(=O)c1cnc(C(F)(F)F)c(Cl)c1)[C@@H]1CNCc2[nH]c(=O)c3cc(F)c(F)cc3c21. The molecule has 12 heteroatoms. The number of fused-ring (bicyclic) bond motifs is 3. The fraction of sp³-hybridized carbons (Fsp3) is 0.250. The quantitative estimate of drug-likeness (QED) is 0.556. The normalized spacial score (nSPS) is 16.2. The van der Waals surface area contributed by atoms with E-state index in [0.717, 1.165) is 24.4 Å². The Bertz CT molecular complexity index is 1310. The second-order valence-corrected chi connectivity index (χ2v) is 7.68. The van der Waals surface area contributed by atoms with Crippen LogP contribution in [-0.2, 0) is 12.7 Å². The Kier molecular flexibility index (Phi) is 5.41. The zero-order valence-corrected chi connectivity index (χ0v) is 17.0. The van der Waals surface area contributed by atoms with Gasteiger partial charge in [0.1, 0.15) is 0 Å². The molecule has 0 unspecified atom stereocenters. The number of pyridine rings is 2. The summed E-state index contributed by atoms with van der Waals surface area (Å²) in [5, 5.41) is 2.33. The van der Waals surface area contributed by atoms with Gasteiger partial charge in [0.15, 0.2) is 17.3 Å². The van der Waals surface area contributed by atoms with Gasteiger partial charge in [-0.3, -0.25) is 9.59 Å². The Morgan fingerprint density at radius 2 is 1.84 bits per heavy atom. The number of aromatic nitrogens is 2. The number of likely N-dealkylation sites (N-methyl/N-ethyl adjacent to an activating group) is 1. The lowest BCUT2D eigenvalue weighted by Gasteiger charge is -2.34. The molecule has 1 amide bonds. The minimum absolute atomic E-state index is 0.0883. The number of nitrogens with zero attached hydrogens (tertiary/aromatic N) is 2. The average Bonchev–Trinajstić information content (AvgIpc) is 2.72. The summed E-state index contributed by atoms with van der Waals surface area (Å²) in [5.41, 5.74) is -1.34. The van der Waals surface area contributed by atoms with Crippen molar-refractivity contribution in [2.75, 3.05) is 13.6 Å². The third kappa shape index (κ3) is 3.71. The lowest BCUT2D eigenvalue weighted by molar-refractivity contribution is -0.141. The highest BCUT2D eigenvalue weighted by Gasteiger charge is 2.36. The second-order valence-electron chi connectivity index (χ2n) is 7.27. The van der Waals surface area contributed by atoms with Gasteiger partial charge in [0.25, 0.3) is 11.5 Å².